The number of likely N-dealkylation sites (tertiary alicyclic amines) is 1. The molecule has 14 heteroatoms. The SMILES string of the molecule is CN(C(=O)/C=C/c1cccc(C(F)(F)F)c1)[C@H]1CC[C@@]2(O)CN(CC3CC3)CC[C@]2(c2cccc(O)c2)C1.O=C(O)C(O)C(O)C(=O)O. The van der Waals surface area contributed by atoms with Crippen LogP contribution in [0.3, 0.4) is 0 Å². The Kier molecular flexibility index (Phi) is 11.2. The first kappa shape index (κ1) is 36.8. The summed E-state index contributed by atoms with van der Waals surface area (Å²) in [6.07, 6.45) is -1.36. The van der Waals surface area contributed by atoms with Crippen LogP contribution < -0.4 is 0 Å². The Balaban J connectivity index is 0.000000453. The zero-order valence-corrected chi connectivity index (χ0v) is 26.4. The molecule has 262 valence electrons. The number of aliphatic hydroxyl groups is 3. The molecule has 11 nitrogen and oxygen atoms in total. The molecule has 5 atom stereocenters. The lowest BCUT2D eigenvalue weighted by atomic mass is 9.55. The zero-order valence-electron chi connectivity index (χ0n) is 26.4. The second kappa shape index (κ2) is 14.6. The summed E-state index contributed by atoms with van der Waals surface area (Å²) in [7, 11) is 1.71. The van der Waals surface area contributed by atoms with Gasteiger partial charge in [0.1, 0.15) is 5.75 Å². The number of aromatic hydroxyl groups is 1. The van der Waals surface area contributed by atoms with Gasteiger partial charge in [0.2, 0.25) is 5.91 Å². The maximum absolute atomic E-state index is 13.1. The molecule has 3 aliphatic rings. The highest BCUT2D eigenvalue weighted by Crippen LogP contribution is 2.53. The number of hydrogen-bond donors (Lipinski definition) is 6. The third kappa shape index (κ3) is 8.53. The van der Waals surface area contributed by atoms with Gasteiger partial charge in [0.15, 0.2) is 12.2 Å². The van der Waals surface area contributed by atoms with Crippen molar-refractivity contribution in [2.45, 2.75) is 74.0 Å². The van der Waals surface area contributed by atoms with Crippen LogP contribution >= 0.6 is 0 Å². The summed E-state index contributed by atoms with van der Waals surface area (Å²) in [5.74, 6) is -2.97. The number of alkyl halides is 3. The van der Waals surface area contributed by atoms with Crippen LogP contribution in [0.25, 0.3) is 6.08 Å². The number of piperidine rings is 1. The summed E-state index contributed by atoms with van der Waals surface area (Å²) in [4.78, 5) is 36.7. The molecule has 2 aromatic carbocycles. The summed E-state index contributed by atoms with van der Waals surface area (Å²) >= 11 is 0. The first-order valence-corrected chi connectivity index (χ1v) is 15.6. The Morgan fingerprint density at radius 3 is 2.23 bits per heavy atom. The predicted octanol–water partition coefficient (Wildman–Crippen LogP) is 3.10. The number of halogens is 3. The standard InChI is InChI=1S/C30H35F3N2O3.C4H6O6/c1-34(27(37)11-10-21-4-2-6-24(16-21)30(31,32)33)25-12-13-29(38)20-35(19-22-8-9-22)15-14-28(29,18-25)23-5-3-7-26(36)17-23;5-1(3(7)8)2(6)4(9)10/h2-7,10-11,16-17,22,25,36,38H,8-9,12-15,18-20H2,1H3;1-2,5-6H,(H,7,8)(H,9,10)/b11-10+;/t25-,28+,29+;/m0./s1. The zero-order chi connectivity index (χ0) is 35.4. The van der Waals surface area contributed by atoms with Crippen molar-refractivity contribution < 1.29 is 58.2 Å². The Morgan fingerprint density at radius 2 is 1.65 bits per heavy atom. The van der Waals surface area contributed by atoms with E-state index in [4.69, 9.17) is 20.4 Å². The molecule has 1 aliphatic heterocycles. The summed E-state index contributed by atoms with van der Waals surface area (Å²) in [5.41, 5.74) is -1.17. The summed E-state index contributed by atoms with van der Waals surface area (Å²) < 4.78 is 39.2. The molecular weight excluding hydrogens is 637 g/mol. The van der Waals surface area contributed by atoms with E-state index in [2.05, 4.69) is 4.90 Å². The topological polar surface area (TPSA) is 179 Å². The number of rotatable bonds is 9. The smallest absolute Gasteiger partial charge is 0.416 e. The molecule has 6 N–H and O–H groups in total. The number of carboxylic acids is 2. The van der Waals surface area contributed by atoms with Gasteiger partial charge in [-0.25, -0.2) is 9.59 Å². The van der Waals surface area contributed by atoms with E-state index in [1.54, 1.807) is 30.1 Å². The highest BCUT2D eigenvalue weighted by Gasteiger charge is 2.58. The van der Waals surface area contributed by atoms with Gasteiger partial charge in [-0.1, -0.05) is 24.3 Å². The minimum absolute atomic E-state index is 0.148. The van der Waals surface area contributed by atoms with E-state index in [-0.39, 0.29) is 17.7 Å². The fraction of sp³-hybridized carbons (Fsp3) is 0.500. The van der Waals surface area contributed by atoms with Crippen molar-refractivity contribution in [2.24, 2.45) is 5.92 Å². The van der Waals surface area contributed by atoms with Crippen LogP contribution in [0.1, 0.15) is 55.2 Å². The van der Waals surface area contributed by atoms with E-state index in [0.29, 0.717) is 31.4 Å². The van der Waals surface area contributed by atoms with Crippen molar-refractivity contribution in [3.05, 3.63) is 71.3 Å². The normalized spacial score (nSPS) is 25.7. The van der Waals surface area contributed by atoms with Crippen molar-refractivity contribution >= 4 is 23.9 Å². The van der Waals surface area contributed by atoms with Crippen molar-refractivity contribution in [3.8, 4) is 5.75 Å². The average molecular weight is 679 g/mol. The lowest BCUT2D eigenvalue weighted by Gasteiger charge is -2.59. The second-order valence-electron chi connectivity index (χ2n) is 13.0. The highest BCUT2D eigenvalue weighted by molar-refractivity contribution is 5.91. The first-order valence-electron chi connectivity index (χ1n) is 15.6. The van der Waals surface area contributed by atoms with Gasteiger partial charge in [0.25, 0.3) is 0 Å². The number of β-amino-alcohol motifs (C(OH)–C–C–N with tert-alkyl or cyclic N) is 1. The van der Waals surface area contributed by atoms with Gasteiger partial charge in [-0.15, -0.1) is 0 Å². The number of benzene rings is 2. The molecule has 48 heavy (non-hydrogen) atoms. The largest absolute Gasteiger partial charge is 0.508 e. The van der Waals surface area contributed by atoms with Gasteiger partial charge < -0.3 is 40.4 Å². The van der Waals surface area contributed by atoms with Crippen molar-refractivity contribution in [1.82, 2.24) is 9.80 Å². The molecule has 2 unspecified atom stereocenters. The molecule has 2 saturated carbocycles. The second-order valence-corrected chi connectivity index (χ2v) is 13.0. The molecule has 3 fully saturated rings. The Labute approximate surface area is 275 Å². The van der Waals surface area contributed by atoms with Crippen LogP contribution in [-0.4, -0.2) is 109 Å². The van der Waals surface area contributed by atoms with Crippen LogP contribution in [0.2, 0.25) is 0 Å². The third-order valence-electron chi connectivity index (χ3n) is 9.65. The summed E-state index contributed by atoms with van der Waals surface area (Å²) in [6.45, 7) is 2.41. The van der Waals surface area contributed by atoms with Crippen LogP contribution in [0, 0.1) is 5.92 Å². The number of nitrogens with zero attached hydrogens (tertiary/aromatic N) is 2. The quantitative estimate of drug-likeness (QED) is 0.216. The molecule has 0 radical (unpaired) electrons. The Morgan fingerprint density at radius 1 is 1.00 bits per heavy atom. The van der Waals surface area contributed by atoms with Gasteiger partial charge in [0, 0.05) is 37.7 Å². The van der Waals surface area contributed by atoms with E-state index in [0.717, 1.165) is 43.1 Å². The number of aliphatic carboxylic acids is 2. The molecule has 2 aliphatic carbocycles. The lowest BCUT2D eigenvalue weighted by molar-refractivity contribution is -0.165. The van der Waals surface area contributed by atoms with E-state index in [1.807, 2.05) is 6.07 Å². The molecule has 0 spiro atoms. The monoisotopic (exact) mass is 678 g/mol. The molecule has 0 aromatic heterocycles. The van der Waals surface area contributed by atoms with Crippen molar-refractivity contribution in [3.63, 3.8) is 0 Å². The van der Waals surface area contributed by atoms with Crippen LogP contribution in [0.15, 0.2) is 54.6 Å². The van der Waals surface area contributed by atoms with E-state index in [9.17, 15) is 37.8 Å². The number of phenolic OH excluding ortho intramolecular Hbond substituents is 1. The van der Waals surface area contributed by atoms with E-state index >= 15 is 0 Å². The van der Waals surface area contributed by atoms with Crippen LogP contribution in [-0.2, 0) is 26.0 Å². The molecule has 5 rings (SSSR count). The lowest BCUT2D eigenvalue weighted by Crippen LogP contribution is -2.67. The van der Waals surface area contributed by atoms with Gasteiger partial charge in [-0.05, 0) is 92.5 Å². The molecular formula is C34H41F3N2O9. The van der Waals surface area contributed by atoms with Gasteiger partial charge in [-0.2, -0.15) is 13.2 Å². The maximum Gasteiger partial charge on any atom is 0.416 e. The number of phenols is 1. The van der Waals surface area contributed by atoms with Crippen LogP contribution in [0.5, 0.6) is 5.75 Å². The number of aliphatic hydroxyl groups excluding tert-OH is 2. The minimum Gasteiger partial charge on any atom is -0.508 e. The van der Waals surface area contributed by atoms with Crippen molar-refractivity contribution in [1.29, 1.82) is 0 Å². The fourth-order valence-electron chi connectivity index (χ4n) is 6.74. The fourth-order valence-corrected chi connectivity index (χ4v) is 6.74. The average Bonchev–Trinajstić information content (AvgIpc) is 3.86. The number of carboxylic acid groups (broad SMARTS) is 2. The maximum atomic E-state index is 13.1. The van der Waals surface area contributed by atoms with Gasteiger partial charge in [-0.3, -0.25) is 4.79 Å². The number of amides is 1. The molecule has 0 bridgehead atoms. The van der Waals surface area contributed by atoms with E-state index in [1.165, 1.54) is 37.1 Å². The molecule has 1 saturated heterocycles. The number of carbonyl (C=O) groups excluding carboxylic acids is 1. The third-order valence-corrected chi connectivity index (χ3v) is 9.65. The minimum atomic E-state index is -4.45. The Hall–Kier alpha value is -3.98. The molecule has 1 amide bonds. The number of hydrogen-bond acceptors (Lipinski definition) is 8. The van der Waals surface area contributed by atoms with Crippen molar-refractivity contribution in [2.75, 3.05) is 26.7 Å². The van der Waals surface area contributed by atoms with Crippen LogP contribution in [0.4, 0.5) is 13.2 Å². The van der Waals surface area contributed by atoms with E-state index < -0.39 is 46.9 Å². The highest BCUT2D eigenvalue weighted by atomic mass is 19.4. The first-order chi connectivity index (χ1) is 22.5. The Bertz CT molecular complexity index is 1500. The number of fused-ring (bicyclic) bond motifs is 1. The predicted molar refractivity (Wildman–Crippen MR) is 167 cm³/mol. The summed E-state index contributed by atoms with van der Waals surface area (Å²) in [6, 6.07) is 11.8. The molecule has 2 aromatic rings. The molecule has 1 heterocycles. The van der Waals surface area contributed by atoms with Gasteiger partial charge in [0.05, 0.1) is 11.2 Å². The summed E-state index contributed by atoms with van der Waals surface area (Å²) in [5, 5.41) is 54.9. The number of carbonyl (C=O) groups is 3. The number of likely N-dealkylation sites (N-methyl/N-ethyl adjacent to an activating group) is 1. The van der Waals surface area contributed by atoms with Gasteiger partial charge >= 0.3 is 18.1 Å².